The Morgan fingerprint density at radius 2 is 1.41 bits per heavy atom. The molecule has 4 aliphatic carbocycles. The van der Waals surface area contributed by atoms with Crippen molar-refractivity contribution in [3.05, 3.63) is 68.5 Å². The number of unbranched alkanes of at least 4 members (excludes halogenated alkanes) is 5. The number of carbonyl (C=O) groups is 4. The lowest BCUT2D eigenvalue weighted by Gasteiger charge is -2.62. The van der Waals surface area contributed by atoms with Gasteiger partial charge in [-0.15, -0.1) is 0 Å². The number of hydrogen-bond acceptors (Lipinski definition) is 7. The van der Waals surface area contributed by atoms with E-state index in [2.05, 4.69) is 0 Å². The van der Waals surface area contributed by atoms with E-state index < -0.39 is 71.8 Å². The molecule has 4 saturated carbocycles. The zero-order valence-corrected chi connectivity index (χ0v) is 34.8. The monoisotopic (exact) mass is 921 g/mol. The average molecular weight is 922 g/mol. The van der Waals surface area contributed by atoms with Gasteiger partial charge in [0.2, 0.25) is 0 Å². The summed E-state index contributed by atoms with van der Waals surface area (Å²) in [7, 11) is -4.42. The summed E-state index contributed by atoms with van der Waals surface area (Å²) in [6.45, 7) is 3.15. The van der Waals surface area contributed by atoms with Crippen LogP contribution in [0.3, 0.4) is 0 Å². The van der Waals surface area contributed by atoms with Gasteiger partial charge in [-0.1, -0.05) is 37.3 Å². The molecule has 3 unspecified atom stereocenters. The molecule has 0 saturated heterocycles. The molecule has 0 heterocycles. The molecule has 4 fully saturated rings. The third kappa shape index (κ3) is 15.3. The van der Waals surface area contributed by atoms with Crippen LogP contribution in [-0.4, -0.2) is 72.0 Å². The number of nitro groups is 1. The molecule has 22 heteroatoms. The maximum Gasteiger partial charge on any atom is 0.425 e. The summed E-state index contributed by atoms with van der Waals surface area (Å²) < 4.78 is 103. The number of carbonyl (C=O) groups excluding carboxylic acids is 1. The lowest BCUT2D eigenvalue weighted by atomic mass is 9.42. The first-order valence-electron chi connectivity index (χ1n) is 19.0. The van der Waals surface area contributed by atoms with Gasteiger partial charge in [-0.05, 0) is 107 Å². The number of aliphatic carboxylic acids is 2. The SMILES string of the molecule is CC(=O)CCCCCCCCC(=O)O.Cc1cc([N+](=O)[O-])cc(P(=O)(O)O)c1.O=C(O)C12CC3CC(C1)CC(C(F)(F)C(F)C(F)(F)F)(C3)C2.O=C(O)c1ccc(F)cc1Cl. The summed E-state index contributed by atoms with van der Waals surface area (Å²) in [5.41, 5.74) is -3.57. The van der Waals surface area contributed by atoms with Gasteiger partial charge in [0.15, 0.2) is 0 Å². The lowest BCUT2D eigenvalue weighted by molar-refractivity contribution is -0.384. The molecule has 2 aromatic rings. The molecule has 4 bridgehead atoms. The zero-order chi connectivity index (χ0) is 46.7. The van der Waals surface area contributed by atoms with Gasteiger partial charge in [-0.3, -0.25) is 24.3 Å². The maximum absolute atomic E-state index is 14.4. The van der Waals surface area contributed by atoms with E-state index in [4.69, 9.17) is 31.6 Å². The van der Waals surface area contributed by atoms with Crippen molar-refractivity contribution < 1.29 is 84.5 Å². The van der Waals surface area contributed by atoms with Gasteiger partial charge in [0.1, 0.15) is 11.6 Å². The van der Waals surface area contributed by atoms with E-state index in [1.807, 2.05) is 0 Å². The third-order valence-corrected chi connectivity index (χ3v) is 12.0. The van der Waals surface area contributed by atoms with Crippen molar-refractivity contribution in [2.45, 2.75) is 122 Å². The Hall–Kier alpha value is -4.13. The first kappa shape index (κ1) is 53.0. The minimum Gasteiger partial charge on any atom is -0.481 e. The van der Waals surface area contributed by atoms with Crippen LogP contribution in [0.4, 0.5) is 36.4 Å². The first-order valence-corrected chi connectivity index (χ1v) is 21.0. The fourth-order valence-corrected chi connectivity index (χ4v) is 9.33. The van der Waals surface area contributed by atoms with Crippen LogP contribution in [0.5, 0.6) is 0 Å². The van der Waals surface area contributed by atoms with E-state index >= 15 is 0 Å². The van der Waals surface area contributed by atoms with Crippen LogP contribution in [0.1, 0.15) is 113 Å². The third-order valence-electron chi connectivity index (χ3n) is 10.8. The Morgan fingerprint density at radius 3 is 1.84 bits per heavy atom. The minimum absolute atomic E-state index is 0.0856. The average Bonchev–Trinajstić information content (AvgIpc) is 3.11. The van der Waals surface area contributed by atoms with Gasteiger partial charge in [0.25, 0.3) is 17.8 Å². The topological polar surface area (TPSA) is 230 Å². The van der Waals surface area contributed by atoms with Crippen LogP contribution in [0.25, 0.3) is 0 Å². The standard InChI is InChI=1S/C14H16F6O2.C11H20O3.C7H4ClFO2.C7H8NO5P/c15-9(14(18,19)20)13(16,17)12-4-7-1-8(5-12)3-11(2-7,6-12)10(21)22;1-10(12)8-6-4-2-3-5-7-9-11(13)14;8-6-3-4(9)1-2-5(6)7(10)11;1-5-2-6(8(9)10)4-7(3-5)14(11,12)13/h7-9H,1-6H2,(H,21,22);2-9H2,1H3,(H,13,14);1-3H,(H,10,11);2-4H,1H3,(H2,11,12,13). The van der Waals surface area contributed by atoms with Crippen molar-refractivity contribution in [1.82, 2.24) is 0 Å². The number of Topliss-reactive ketones (excluding diaryl/α,β-unsaturated/α-hetero) is 1. The summed E-state index contributed by atoms with van der Waals surface area (Å²) in [6.07, 6.45) is -2.91. The molecule has 0 aromatic heterocycles. The molecular formula is C39H48ClF7NO12P. The lowest BCUT2D eigenvalue weighted by Crippen LogP contribution is -2.64. The summed E-state index contributed by atoms with van der Waals surface area (Å²) in [5.74, 6) is -8.70. The molecule has 2 aromatic carbocycles. The van der Waals surface area contributed by atoms with Crippen molar-refractivity contribution in [2.75, 3.05) is 0 Å². The van der Waals surface area contributed by atoms with Gasteiger partial charge in [-0.2, -0.15) is 13.2 Å². The number of carboxylic acid groups (broad SMARTS) is 3. The van der Waals surface area contributed by atoms with Gasteiger partial charge < -0.3 is 29.9 Å². The van der Waals surface area contributed by atoms with Crippen LogP contribution < -0.4 is 5.30 Å². The van der Waals surface area contributed by atoms with E-state index in [1.165, 1.54) is 19.1 Å². The second-order valence-corrected chi connectivity index (χ2v) is 17.8. The largest absolute Gasteiger partial charge is 0.481 e. The molecule has 342 valence electrons. The number of aryl methyl sites for hydroxylation is 1. The van der Waals surface area contributed by atoms with Gasteiger partial charge in [0, 0.05) is 30.4 Å². The maximum atomic E-state index is 14.4. The van der Waals surface area contributed by atoms with E-state index in [1.54, 1.807) is 6.92 Å². The molecule has 3 atom stereocenters. The number of hydrogen-bond donors (Lipinski definition) is 5. The Morgan fingerprint density at radius 1 is 0.885 bits per heavy atom. The number of halogens is 8. The fourth-order valence-electron chi connectivity index (χ4n) is 8.41. The number of ketones is 1. The molecule has 5 N–H and O–H groups in total. The van der Waals surface area contributed by atoms with Crippen LogP contribution >= 0.6 is 19.2 Å². The number of alkyl halides is 6. The predicted molar refractivity (Wildman–Crippen MR) is 206 cm³/mol. The molecule has 13 nitrogen and oxygen atoms in total. The van der Waals surface area contributed by atoms with Crippen LogP contribution in [0, 0.1) is 45.5 Å². The highest BCUT2D eigenvalue weighted by molar-refractivity contribution is 7.60. The number of aromatic carboxylic acids is 1. The Labute approximate surface area is 351 Å². The highest BCUT2D eigenvalue weighted by atomic mass is 35.5. The molecule has 0 amide bonds. The second kappa shape index (κ2) is 21.8. The van der Waals surface area contributed by atoms with Crippen molar-refractivity contribution in [2.24, 2.45) is 22.7 Å². The number of benzene rings is 2. The van der Waals surface area contributed by atoms with E-state index in [9.17, 15) is 69.7 Å². The first-order chi connectivity index (χ1) is 28.0. The molecule has 0 aliphatic heterocycles. The molecule has 6 rings (SSSR count). The number of carboxylic acids is 3. The molecule has 0 spiro atoms. The highest BCUT2D eigenvalue weighted by Crippen LogP contribution is 2.70. The quantitative estimate of drug-likeness (QED) is 0.0370. The number of non-ortho nitro benzene ring substituents is 1. The summed E-state index contributed by atoms with van der Waals surface area (Å²) in [6, 6.07) is 6.50. The molecular weight excluding hydrogens is 874 g/mol. The fraction of sp³-hybridized carbons (Fsp3) is 0.590. The molecule has 0 radical (unpaired) electrons. The Balaban J connectivity index is 0.000000291. The van der Waals surface area contributed by atoms with Gasteiger partial charge >= 0.3 is 31.7 Å². The number of rotatable bonds is 15. The van der Waals surface area contributed by atoms with Gasteiger partial charge in [-0.25, -0.2) is 22.4 Å². The van der Waals surface area contributed by atoms with E-state index in [-0.39, 0.29) is 71.3 Å². The van der Waals surface area contributed by atoms with Crippen molar-refractivity contribution >= 4 is 53.9 Å². The number of nitro benzene ring substituents is 1. The van der Waals surface area contributed by atoms with Gasteiger partial charge in [0.05, 0.1) is 26.2 Å². The highest BCUT2D eigenvalue weighted by Gasteiger charge is 2.73. The van der Waals surface area contributed by atoms with Crippen molar-refractivity contribution in [3.63, 3.8) is 0 Å². The van der Waals surface area contributed by atoms with Crippen LogP contribution in [0.2, 0.25) is 5.02 Å². The minimum atomic E-state index is -5.65. The zero-order valence-electron chi connectivity index (χ0n) is 33.1. The van der Waals surface area contributed by atoms with E-state index in [0.29, 0.717) is 18.4 Å². The van der Waals surface area contributed by atoms with E-state index in [0.717, 1.165) is 62.8 Å². The summed E-state index contributed by atoms with van der Waals surface area (Å²) in [5, 5.41) is 36.2. The normalized spacial score (nSPS) is 22.0. The Bertz CT molecular complexity index is 1910. The second-order valence-electron chi connectivity index (χ2n) is 15.8. The van der Waals surface area contributed by atoms with Crippen molar-refractivity contribution in [1.29, 1.82) is 0 Å². The predicted octanol–water partition coefficient (Wildman–Crippen LogP) is 9.86. The summed E-state index contributed by atoms with van der Waals surface area (Å²) >= 11 is 5.40. The van der Waals surface area contributed by atoms with Crippen LogP contribution in [-0.2, 0) is 18.9 Å². The summed E-state index contributed by atoms with van der Waals surface area (Å²) in [4.78, 5) is 69.9. The number of nitrogens with zero attached hydrogens (tertiary/aromatic N) is 1. The molecule has 4 aliphatic rings. The van der Waals surface area contributed by atoms with Crippen LogP contribution in [0.15, 0.2) is 36.4 Å². The van der Waals surface area contributed by atoms with Crippen molar-refractivity contribution in [3.8, 4) is 0 Å². The Kier molecular flexibility index (Phi) is 18.9. The smallest absolute Gasteiger partial charge is 0.425 e. The molecule has 61 heavy (non-hydrogen) atoms.